The minimum Gasteiger partial charge on any atom is -0.480 e. The van der Waals surface area contributed by atoms with Gasteiger partial charge < -0.3 is 15.5 Å². The van der Waals surface area contributed by atoms with Crippen molar-refractivity contribution in [1.82, 2.24) is 10.2 Å². The fourth-order valence-corrected chi connectivity index (χ4v) is 2.47. The first-order valence-corrected chi connectivity index (χ1v) is 6.87. The number of β-amino-alcohol motifs (C(OH)–C–C–N with tert-alkyl or cyclic N) is 1. The summed E-state index contributed by atoms with van der Waals surface area (Å²) in [7, 11) is 0. The third-order valence-electron chi connectivity index (χ3n) is 3.81. The molecule has 110 valence electrons. The summed E-state index contributed by atoms with van der Waals surface area (Å²) in [6.07, 6.45) is 1.20. The summed E-state index contributed by atoms with van der Waals surface area (Å²) in [5, 5.41) is 21.6. The van der Waals surface area contributed by atoms with Crippen LogP contribution in [0.4, 0.5) is 0 Å². The van der Waals surface area contributed by atoms with Crippen molar-refractivity contribution in [3.05, 3.63) is 0 Å². The van der Waals surface area contributed by atoms with Crippen LogP contribution in [0.5, 0.6) is 0 Å². The van der Waals surface area contributed by atoms with Crippen molar-refractivity contribution in [2.75, 3.05) is 6.54 Å². The summed E-state index contributed by atoms with van der Waals surface area (Å²) >= 11 is 0. The average Bonchev–Trinajstić information content (AvgIpc) is 2.76. The molecular formula is C13H24N2O4. The first kappa shape index (κ1) is 15.9. The van der Waals surface area contributed by atoms with E-state index < -0.39 is 24.2 Å². The number of carbonyl (C=O) groups is 2. The highest BCUT2D eigenvalue weighted by Crippen LogP contribution is 2.21. The maximum atomic E-state index is 12.1. The molecule has 19 heavy (non-hydrogen) atoms. The topological polar surface area (TPSA) is 89.9 Å². The van der Waals surface area contributed by atoms with Crippen molar-refractivity contribution >= 4 is 11.9 Å². The van der Waals surface area contributed by atoms with E-state index in [4.69, 9.17) is 5.11 Å². The second-order valence-electron chi connectivity index (χ2n) is 5.14. The molecule has 0 radical (unpaired) electrons. The molecule has 0 saturated carbocycles. The highest BCUT2D eigenvalue weighted by atomic mass is 16.4. The Bertz CT molecular complexity index is 331. The Hall–Kier alpha value is -1.14. The first-order valence-electron chi connectivity index (χ1n) is 6.87. The number of aliphatic hydroxyl groups excluding tert-OH is 1. The SMILES string of the molecule is CCC(CC)NC(=O)C(C)N1CC(O)CC1C(=O)O. The number of likely N-dealkylation sites (tertiary alicyclic amines) is 1. The van der Waals surface area contributed by atoms with Crippen LogP contribution in [0.3, 0.4) is 0 Å². The third-order valence-corrected chi connectivity index (χ3v) is 3.81. The van der Waals surface area contributed by atoms with Gasteiger partial charge in [0.1, 0.15) is 6.04 Å². The fraction of sp³-hybridized carbons (Fsp3) is 0.846. The summed E-state index contributed by atoms with van der Waals surface area (Å²) in [4.78, 5) is 24.8. The summed E-state index contributed by atoms with van der Waals surface area (Å²) in [6, 6.07) is -1.21. The summed E-state index contributed by atoms with van der Waals surface area (Å²) in [5.74, 6) is -1.16. The molecule has 0 aromatic carbocycles. The zero-order valence-electron chi connectivity index (χ0n) is 11.8. The summed E-state index contributed by atoms with van der Waals surface area (Å²) in [5.41, 5.74) is 0. The smallest absolute Gasteiger partial charge is 0.321 e. The molecule has 3 N–H and O–H groups in total. The van der Waals surface area contributed by atoms with Gasteiger partial charge in [-0.1, -0.05) is 13.8 Å². The molecule has 0 aliphatic carbocycles. The number of carboxylic acid groups (broad SMARTS) is 1. The monoisotopic (exact) mass is 272 g/mol. The van der Waals surface area contributed by atoms with E-state index in [0.717, 1.165) is 12.8 Å². The highest BCUT2D eigenvalue weighted by molar-refractivity contribution is 5.83. The molecule has 6 nitrogen and oxygen atoms in total. The van der Waals surface area contributed by atoms with Crippen LogP contribution in [0, 0.1) is 0 Å². The van der Waals surface area contributed by atoms with E-state index in [1.165, 1.54) is 0 Å². The van der Waals surface area contributed by atoms with E-state index in [-0.39, 0.29) is 24.9 Å². The lowest BCUT2D eigenvalue weighted by molar-refractivity contribution is -0.144. The van der Waals surface area contributed by atoms with Gasteiger partial charge >= 0.3 is 5.97 Å². The number of aliphatic hydroxyl groups is 1. The minimum absolute atomic E-state index is 0.116. The Balaban J connectivity index is 2.67. The normalized spacial score (nSPS) is 25.5. The van der Waals surface area contributed by atoms with Gasteiger partial charge in [0.2, 0.25) is 5.91 Å². The molecule has 6 heteroatoms. The van der Waals surface area contributed by atoms with Crippen molar-refractivity contribution < 1.29 is 19.8 Å². The second-order valence-corrected chi connectivity index (χ2v) is 5.14. The van der Waals surface area contributed by atoms with Crippen LogP contribution in [-0.2, 0) is 9.59 Å². The van der Waals surface area contributed by atoms with Gasteiger partial charge in [0.25, 0.3) is 0 Å². The molecule has 0 aromatic rings. The van der Waals surface area contributed by atoms with Crippen LogP contribution in [-0.4, -0.2) is 57.8 Å². The standard InChI is InChI=1S/C13H24N2O4/c1-4-9(5-2)14-12(17)8(3)15-7-10(16)6-11(15)13(18)19/h8-11,16H,4-7H2,1-3H3,(H,14,17)(H,18,19). The molecule has 1 aliphatic heterocycles. The molecule has 0 aromatic heterocycles. The maximum absolute atomic E-state index is 12.1. The number of amides is 1. The average molecular weight is 272 g/mol. The van der Waals surface area contributed by atoms with Gasteiger partial charge in [0.15, 0.2) is 0 Å². The molecule has 3 unspecified atom stereocenters. The number of aliphatic carboxylic acids is 1. The molecule has 0 spiro atoms. The Morgan fingerprint density at radius 1 is 1.37 bits per heavy atom. The molecule has 1 heterocycles. The van der Waals surface area contributed by atoms with Gasteiger partial charge in [-0.25, -0.2) is 0 Å². The van der Waals surface area contributed by atoms with Crippen molar-refractivity contribution in [3.63, 3.8) is 0 Å². The summed E-state index contributed by atoms with van der Waals surface area (Å²) in [6.45, 7) is 5.91. The van der Waals surface area contributed by atoms with Crippen molar-refractivity contribution in [3.8, 4) is 0 Å². The number of nitrogens with zero attached hydrogens (tertiary/aromatic N) is 1. The van der Waals surface area contributed by atoms with Gasteiger partial charge in [-0.15, -0.1) is 0 Å². The first-order chi connectivity index (χ1) is 8.90. The largest absolute Gasteiger partial charge is 0.480 e. The molecule has 0 bridgehead atoms. The Kier molecular flexibility index (Phi) is 5.75. The quantitative estimate of drug-likeness (QED) is 0.642. The van der Waals surface area contributed by atoms with Gasteiger partial charge in [0.05, 0.1) is 12.1 Å². The van der Waals surface area contributed by atoms with E-state index >= 15 is 0 Å². The van der Waals surface area contributed by atoms with E-state index in [9.17, 15) is 14.7 Å². The van der Waals surface area contributed by atoms with Crippen molar-refractivity contribution in [2.24, 2.45) is 0 Å². The minimum atomic E-state index is -0.987. The zero-order chi connectivity index (χ0) is 14.6. The zero-order valence-corrected chi connectivity index (χ0v) is 11.8. The van der Waals surface area contributed by atoms with Crippen LogP contribution in [0.25, 0.3) is 0 Å². The molecule has 1 saturated heterocycles. The molecule has 3 atom stereocenters. The molecule has 1 fully saturated rings. The molecular weight excluding hydrogens is 248 g/mol. The van der Waals surface area contributed by atoms with E-state index in [1.54, 1.807) is 11.8 Å². The Labute approximate surface area is 113 Å². The van der Waals surface area contributed by atoms with Gasteiger partial charge in [-0.05, 0) is 19.8 Å². The number of carbonyl (C=O) groups excluding carboxylic acids is 1. The number of carboxylic acids is 1. The number of hydrogen-bond acceptors (Lipinski definition) is 4. The maximum Gasteiger partial charge on any atom is 0.321 e. The lowest BCUT2D eigenvalue weighted by atomic mass is 10.1. The van der Waals surface area contributed by atoms with E-state index in [0.29, 0.717) is 0 Å². The van der Waals surface area contributed by atoms with Gasteiger partial charge in [-0.2, -0.15) is 0 Å². The predicted molar refractivity (Wildman–Crippen MR) is 70.7 cm³/mol. The van der Waals surface area contributed by atoms with E-state index in [1.807, 2.05) is 13.8 Å². The predicted octanol–water partition coefficient (Wildman–Crippen LogP) is 0.200. The van der Waals surface area contributed by atoms with Gasteiger partial charge in [-0.3, -0.25) is 14.5 Å². The molecule has 1 aliphatic rings. The highest BCUT2D eigenvalue weighted by Gasteiger charge is 2.40. The van der Waals surface area contributed by atoms with Crippen LogP contribution >= 0.6 is 0 Å². The van der Waals surface area contributed by atoms with Crippen LogP contribution in [0.1, 0.15) is 40.0 Å². The number of nitrogens with one attached hydrogen (secondary N) is 1. The van der Waals surface area contributed by atoms with Crippen molar-refractivity contribution in [2.45, 2.75) is 64.3 Å². The third kappa shape index (κ3) is 3.91. The second kappa shape index (κ2) is 6.86. The number of rotatable bonds is 6. The Morgan fingerprint density at radius 3 is 2.42 bits per heavy atom. The van der Waals surface area contributed by atoms with Crippen LogP contribution in [0.2, 0.25) is 0 Å². The van der Waals surface area contributed by atoms with E-state index in [2.05, 4.69) is 5.32 Å². The molecule has 1 amide bonds. The summed E-state index contributed by atoms with van der Waals surface area (Å²) < 4.78 is 0. The lowest BCUT2D eigenvalue weighted by Crippen LogP contribution is -2.51. The fourth-order valence-electron chi connectivity index (χ4n) is 2.47. The van der Waals surface area contributed by atoms with Crippen LogP contribution in [0.15, 0.2) is 0 Å². The van der Waals surface area contributed by atoms with Crippen LogP contribution < -0.4 is 5.32 Å². The van der Waals surface area contributed by atoms with Gasteiger partial charge in [0, 0.05) is 19.0 Å². The lowest BCUT2D eigenvalue weighted by Gasteiger charge is -2.28. The number of hydrogen-bond donors (Lipinski definition) is 3. The van der Waals surface area contributed by atoms with Crippen molar-refractivity contribution in [1.29, 1.82) is 0 Å². The Morgan fingerprint density at radius 2 is 1.95 bits per heavy atom. The molecule has 1 rings (SSSR count).